The lowest BCUT2D eigenvalue weighted by Gasteiger charge is -2.27. The quantitative estimate of drug-likeness (QED) is 0.552. The predicted molar refractivity (Wildman–Crippen MR) is 46.5 cm³/mol. The highest BCUT2D eigenvalue weighted by molar-refractivity contribution is 6.20. The molecule has 0 amide bonds. The van der Waals surface area contributed by atoms with Gasteiger partial charge in [-0.2, -0.15) is 0 Å². The smallest absolute Gasteiger partial charge is 0.0338 e. The molecule has 1 fully saturated rings. The van der Waals surface area contributed by atoms with Crippen LogP contribution in [0.15, 0.2) is 0 Å². The van der Waals surface area contributed by atoms with Gasteiger partial charge in [0.05, 0.1) is 0 Å². The van der Waals surface area contributed by atoms with E-state index in [2.05, 4.69) is 6.92 Å². The van der Waals surface area contributed by atoms with Crippen LogP contribution >= 0.6 is 11.6 Å². The zero-order valence-electron chi connectivity index (χ0n) is 6.78. The third-order valence-corrected chi connectivity index (χ3v) is 2.81. The molecular weight excluding hydrogens is 144 g/mol. The molecule has 0 aliphatic heterocycles. The highest BCUT2D eigenvalue weighted by Gasteiger charge is 2.20. The fourth-order valence-electron chi connectivity index (χ4n) is 1.52. The summed E-state index contributed by atoms with van der Waals surface area (Å²) in [5, 5.41) is 0.468. The van der Waals surface area contributed by atoms with Crippen molar-refractivity contribution in [1.82, 2.24) is 0 Å². The van der Waals surface area contributed by atoms with Crippen LogP contribution in [0, 0.1) is 5.92 Å². The van der Waals surface area contributed by atoms with Gasteiger partial charge in [0.2, 0.25) is 0 Å². The first-order valence-corrected chi connectivity index (χ1v) is 4.90. The normalized spacial score (nSPS) is 22.2. The SMILES string of the molecule is CCCC(Cl)CC1CCC1. The Balaban J connectivity index is 1.99. The van der Waals surface area contributed by atoms with E-state index in [1.54, 1.807) is 0 Å². The van der Waals surface area contributed by atoms with Gasteiger partial charge in [0.1, 0.15) is 0 Å². The third kappa shape index (κ3) is 2.49. The summed E-state index contributed by atoms with van der Waals surface area (Å²) in [5.41, 5.74) is 0. The Kier molecular flexibility index (Phi) is 3.55. The zero-order chi connectivity index (χ0) is 7.40. The number of hydrogen-bond acceptors (Lipinski definition) is 0. The summed E-state index contributed by atoms with van der Waals surface area (Å²) in [6, 6.07) is 0. The lowest BCUT2D eigenvalue weighted by molar-refractivity contribution is 0.289. The predicted octanol–water partition coefficient (Wildman–Crippen LogP) is 3.58. The van der Waals surface area contributed by atoms with E-state index in [1.807, 2.05) is 0 Å². The van der Waals surface area contributed by atoms with Gasteiger partial charge in [0, 0.05) is 5.38 Å². The Labute approximate surface area is 69.0 Å². The Morgan fingerprint density at radius 1 is 1.50 bits per heavy atom. The van der Waals surface area contributed by atoms with Crippen molar-refractivity contribution in [3.8, 4) is 0 Å². The van der Waals surface area contributed by atoms with Crippen molar-refractivity contribution in [3.05, 3.63) is 0 Å². The number of hydrogen-bond donors (Lipinski definition) is 0. The van der Waals surface area contributed by atoms with E-state index in [9.17, 15) is 0 Å². The van der Waals surface area contributed by atoms with E-state index in [1.165, 1.54) is 38.5 Å². The molecule has 0 heterocycles. The second-order valence-corrected chi connectivity index (χ2v) is 4.04. The second-order valence-electron chi connectivity index (χ2n) is 3.42. The molecule has 0 radical (unpaired) electrons. The zero-order valence-corrected chi connectivity index (χ0v) is 7.53. The first-order valence-electron chi connectivity index (χ1n) is 4.47. The van der Waals surface area contributed by atoms with Gasteiger partial charge in [-0.3, -0.25) is 0 Å². The molecule has 1 rings (SSSR count). The molecule has 1 saturated carbocycles. The van der Waals surface area contributed by atoms with E-state index in [4.69, 9.17) is 11.6 Å². The van der Waals surface area contributed by atoms with Crippen LogP contribution in [0.4, 0.5) is 0 Å². The molecule has 1 heteroatoms. The van der Waals surface area contributed by atoms with Gasteiger partial charge in [-0.15, -0.1) is 11.6 Å². The van der Waals surface area contributed by atoms with Crippen molar-refractivity contribution in [1.29, 1.82) is 0 Å². The molecular formula is C9H17Cl. The molecule has 0 aromatic heterocycles. The standard InChI is InChI=1S/C9H17Cl/c1-2-4-9(10)7-8-5-3-6-8/h8-9H,2-7H2,1H3. The second kappa shape index (κ2) is 4.23. The molecule has 0 saturated heterocycles. The Morgan fingerprint density at radius 3 is 2.60 bits per heavy atom. The lowest BCUT2D eigenvalue weighted by atomic mass is 9.81. The largest absolute Gasteiger partial charge is 0.123 e. The molecule has 0 aromatic rings. The third-order valence-electron chi connectivity index (χ3n) is 2.42. The molecule has 0 aromatic carbocycles. The Morgan fingerprint density at radius 2 is 2.20 bits per heavy atom. The van der Waals surface area contributed by atoms with Crippen molar-refractivity contribution in [3.63, 3.8) is 0 Å². The summed E-state index contributed by atoms with van der Waals surface area (Å²) in [4.78, 5) is 0. The highest BCUT2D eigenvalue weighted by atomic mass is 35.5. The summed E-state index contributed by atoms with van der Waals surface area (Å²) < 4.78 is 0. The highest BCUT2D eigenvalue weighted by Crippen LogP contribution is 2.32. The van der Waals surface area contributed by atoms with Gasteiger partial charge in [0.25, 0.3) is 0 Å². The first-order chi connectivity index (χ1) is 4.83. The molecule has 10 heavy (non-hydrogen) atoms. The summed E-state index contributed by atoms with van der Waals surface area (Å²) in [7, 11) is 0. The van der Waals surface area contributed by atoms with Crippen LogP contribution in [0.1, 0.15) is 45.4 Å². The minimum Gasteiger partial charge on any atom is -0.123 e. The van der Waals surface area contributed by atoms with Crippen LogP contribution in [0.3, 0.4) is 0 Å². The fraction of sp³-hybridized carbons (Fsp3) is 1.00. The van der Waals surface area contributed by atoms with Crippen molar-refractivity contribution in [2.75, 3.05) is 0 Å². The average molecular weight is 161 g/mol. The molecule has 1 aliphatic carbocycles. The van der Waals surface area contributed by atoms with Crippen molar-refractivity contribution < 1.29 is 0 Å². The van der Waals surface area contributed by atoms with Gasteiger partial charge in [-0.1, -0.05) is 32.6 Å². The summed E-state index contributed by atoms with van der Waals surface area (Å²) in [6.07, 6.45) is 8.04. The van der Waals surface area contributed by atoms with Crippen LogP contribution in [0.5, 0.6) is 0 Å². The van der Waals surface area contributed by atoms with Crippen LogP contribution in [0.2, 0.25) is 0 Å². The Bertz CT molecular complexity index is 86.7. The number of halogens is 1. The minimum absolute atomic E-state index is 0.468. The molecule has 60 valence electrons. The van der Waals surface area contributed by atoms with Crippen molar-refractivity contribution >= 4 is 11.6 Å². The summed E-state index contributed by atoms with van der Waals surface area (Å²) in [5.74, 6) is 0.981. The van der Waals surface area contributed by atoms with E-state index >= 15 is 0 Å². The average Bonchev–Trinajstić information content (AvgIpc) is 1.80. The van der Waals surface area contributed by atoms with E-state index in [-0.39, 0.29) is 0 Å². The minimum atomic E-state index is 0.468. The Hall–Kier alpha value is 0.290. The van der Waals surface area contributed by atoms with E-state index < -0.39 is 0 Å². The molecule has 1 atom stereocenters. The number of rotatable bonds is 4. The van der Waals surface area contributed by atoms with Crippen LogP contribution in [0.25, 0.3) is 0 Å². The maximum Gasteiger partial charge on any atom is 0.0338 e. The molecule has 0 nitrogen and oxygen atoms in total. The molecule has 0 spiro atoms. The molecule has 1 unspecified atom stereocenters. The van der Waals surface area contributed by atoms with Crippen molar-refractivity contribution in [2.24, 2.45) is 5.92 Å². The van der Waals surface area contributed by atoms with Crippen LogP contribution in [-0.2, 0) is 0 Å². The van der Waals surface area contributed by atoms with E-state index in [0.29, 0.717) is 5.38 Å². The number of alkyl halides is 1. The fourth-order valence-corrected chi connectivity index (χ4v) is 1.99. The summed E-state index contributed by atoms with van der Waals surface area (Å²) in [6.45, 7) is 2.20. The van der Waals surface area contributed by atoms with E-state index in [0.717, 1.165) is 5.92 Å². The van der Waals surface area contributed by atoms with Gasteiger partial charge < -0.3 is 0 Å². The summed E-state index contributed by atoms with van der Waals surface area (Å²) >= 11 is 6.09. The van der Waals surface area contributed by atoms with Gasteiger partial charge in [-0.05, 0) is 18.8 Å². The first kappa shape index (κ1) is 8.39. The topological polar surface area (TPSA) is 0 Å². The maximum atomic E-state index is 6.09. The van der Waals surface area contributed by atoms with Gasteiger partial charge >= 0.3 is 0 Å². The maximum absolute atomic E-state index is 6.09. The lowest BCUT2D eigenvalue weighted by Crippen LogP contribution is -2.15. The van der Waals surface area contributed by atoms with Gasteiger partial charge in [-0.25, -0.2) is 0 Å². The molecule has 0 N–H and O–H groups in total. The van der Waals surface area contributed by atoms with Gasteiger partial charge in [0.15, 0.2) is 0 Å². The van der Waals surface area contributed by atoms with Crippen LogP contribution < -0.4 is 0 Å². The van der Waals surface area contributed by atoms with Crippen LogP contribution in [-0.4, -0.2) is 5.38 Å². The molecule has 0 bridgehead atoms. The van der Waals surface area contributed by atoms with Crippen molar-refractivity contribution in [2.45, 2.75) is 50.8 Å². The monoisotopic (exact) mass is 160 g/mol. The molecule has 1 aliphatic rings.